The number of rotatable bonds is 3. The molecule has 0 bridgehead atoms. The number of likely N-dealkylation sites (tertiary alicyclic amines) is 1. The fourth-order valence-corrected chi connectivity index (χ4v) is 4.28. The van der Waals surface area contributed by atoms with Crippen LogP contribution in [-0.4, -0.2) is 38.0 Å². The molecule has 0 saturated carbocycles. The van der Waals surface area contributed by atoms with E-state index in [9.17, 15) is 4.79 Å². The van der Waals surface area contributed by atoms with E-state index < -0.39 is 0 Å². The van der Waals surface area contributed by atoms with Gasteiger partial charge in [0.25, 0.3) is 0 Å². The molecular weight excluding hydrogens is 380 g/mol. The second-order valence-electron chi connectivity index (χ2n) is 6.62. The topological polar surface area (TPSA) is 43.1 Å². The van der Waals surface area contributed by atoms with E-state index in [1.807, 2.05) is 35.8 Å². The fraction of sp³-hybridized carbons (Fsp3) is 0.368. The average molecular weight is 401 g/mol. The van der Waals surface area contributed by atoms with Gasteiger partial charge in [0, 0.05) is 52.6 Å². The molecule has 0 radical (unpaired) electrons. The molecule has 3 aromatic rings. The van der Waals surface area contributed by atoms with Crippen molar-refractivity contribution in [1.29, 1.82) is 0 Å². The summed E-state index contributed by atoms with van der Waals surface area (Å²) in [6.45, 7) is 4.07. The fourth-order valence-electron chi connectivity index (χ4n) is 3.73. The summed E-state index contributed by atoms with van der Waals surface area (Å²) in [5.74, 6) is 0.195. The minimum absolute atomic E-state index is 0.195. The molecule has 5 nitrogen and oxygen atoms in total. The van der Waals surface area contributed by atoms with Gasteiger partial charge in [-0.05, 0) is 41.8 Å². The molecule has 0 spiro atoms. The van der Waals surface area contributed by atoms with Crippen molar-refractivity contribution in [2.75, 3.05) is 13.1 Å². The summed E-state index contributed by atoms with van der Waals surface area (Å²) in [4.78, 5) is 19.0. The Kier molecular flexibility index (Phi) is 4.37. The Balaban J connectivity index is 1.47. The zero-order valence-electron chi connectivity index (χ0n) is 14.2. The molecule has 3 heterocycles. The Hall–Kier alpha value is -2.08. The highest BCUT2D eigenvalue weighted by atomic mass is 79.9. The third kappa shape index (κ3) is 2.99. The number of halogens is 1. The molecule has 1 amide bonds. The van der Waals surface area contributed by atoms with Crippen molar-refractivity contribution in [3.63, 3.8) is 0 Å². The molecule has 1 aromatic carbocycles. The number of benzene rings is 1. The second kappa shape index (κ2) is 6.67. The van der Waals surface area contributed by atoms with Gasteiger partial charge in [-0.15, -0.1) is 0 Å². The summed E-state index contributed by atoms with van der Waals surface area (Å²) < 4.78 is 5.35. The average Bonchev–Trinajstić information content (AvgIpc) is 3.26. The molecule has 130 valence electrons. The quantitative estimate of drug-likeness (QED) is 0.671. The summed E-state index contributed by atoms with van der Waals surface area (Å²) in [7, 11) is 0. The smallest absolute Gasteiger partial charge is 0.242 e. The van der Waals surface area contributed by atoms with Crippen molar-refractivity contribution < 1.29 is 4.79 Å². The lowest BCUT2D eigenvalue weighted by atomic mass is 10.0. The van der Waals surface area contributed by atoms with E-state index in [-0.39, 0.29) is 5.91 Å². The molecule has 1 fully saturated rings. The third-order valence-electron chi connectivity index (χ3n) is 5.21. The Morgan fingerprint density at radius 3 is 2.76 bits per heavy atom. The highest BCUT2D eigenvalue weighted by Crippen LogP contribution is 2.30. The molecule has 0 atom stereocenters. The van der Waals surface area contributed by atoms with Crippen molar-refractivity contribution in [3.05, 3.63) is 53.2 Å². The number of nitrogens with zero attached hydrogens (tertiary/aromatic N) is 4. The van der Waals surface area contributed by atoms with Gasteiger partial charge in [0.15, 0.2) is 0 Å². The lowest BCUT2D eigenvalue weighted by Gasteiger charge is -2.32. The number of hydrogen-bond acceptors (Lipinski definition) is 2. The molecule has 1 aliphatic rings. The van der Waals surface area contributed by atoms with E-state index in [0.29, 0.717) is 12.6 Å². The maximum atomic E-state index is 12.8. The van der Waals surface area contributed by atoms with E-state index in [0.717, 1.165) is 47.0 Å². The van der Waals surface area contributed by atoms with Crippen LogP contribution in [0.5, 0.6) is 0 Å². The number of piperidine rings is 1. The number of carbonyl (C=O) groups is 1. The summed E-state index contributed by atoms with van der Waals surface area (Å²) in [6, 6.07) is 8.66. The standard InChI is InChI=1S/C19H21BrN4O/c1-14-19(20)16-4-2-3-5-17(16)24(14)12-18(25)22-9-6-15(7-10-22)23-11-8-21-13-23/h2-5,8,11,13,15H,6-7,9-10,12H2,1H3. The van der Waals surface area contributed by atoms with E-state index in [1.54, 1.807) is 0 Å². The minimum atomic E-state index is 0.195. The van der Waals surface area contributed by atoms with Crippen molar-refractivity contribution >= 4 is 32.7 Å². The zero-order chi connectivity index (χ0) is 17.4. The first kappa shape index (κ1) is 16.4. The van der Waals surface area contributed by atoms with Crippen molar-refractivity contribution in [1.82, 2.24) is 19.0 Å². The predicted octanol–water partition coefficient (Wildman–Crippen LogP) is 3.77. The number of para-hydroxylation sites is 1. The second-order valence-corrected chi connectivity index (χ2v) is 7.42. The minimum Gasteiger partial charge on any atom is -0.341 e. The lowest BCUT2D eigenvalue weighted by molar-refractivity contribution is -0.133. The summed E-state index contributed by atoms with van der Waals surface area (Å²) in [5.41, 5.74) is 2.20. The first-order valence-corrected chi connectivity index (χ1v) is 9.43. The summed E-state index contributed by atoms with van der Waals surface area (Å²) in [6.07, 6.45) is 7.66. The highest BCUT2D eigenvalue weighted by molar-refractivity contribution is 9.10. The lowest BCUT2D eigenvalue weighted by Crippen LogP contribution is -2.40. The van der Waals surface area contributed by atoms with Crippen LogP contribution in [0.4, 0.5) is 0 Å². The number of carbonyl (C=O) groups excluding carboxylic acids is 1. The molecule has 25 heavy (non-hydrogen) atoms. The zero-order valence-corrected chi connectivity index (χ0v) is 15.8. The van der Waals surface area contributed by atoms with Gasteiger partial charge in [-0.3, -0.25) is 4.79 Å². The van der Waals surface area contributed by atoms with Crippen LogP contribution in [0.25, 0.3) is 10.9 Å². The molecule has 1 aliphatic heterocycles. The molecule has 4 rings (SSSR count). The van der Waals surface area contributed by atoms with Gasteiger partial charge < -0.3 is 14.0 Å². The van der Waals surface area contributed by atoms with Crippen LogP contribution < -0.4 is 0 Å². The van der Waals surface area contributed by atoms with Crippen LogP contribution >= 0.6 is 15.9 Å². The van der Waals surface area contributed by atoms with Gasteiger partial charge in [0.2, 0.25) is 5.91 Å². The SMILES string of the molecule is Cc1c(Br)c2ccccc2n1CC(=O)N1CCC(n2ccnc2)CC1. The predicted molar refractivity (Wildman–Crippen MR) is 101 cm³/mol. The van der Waals surface area contributed by atoms with Gasteiger partial charge in [0.05, 0.1) is 6.33 Å². The van der Waals surface area contributed by atoms with Gasteiger partial charge in [0.1, 0.15) is 6.54 Å². The van der Waals surface area contributed by atoms with Crippen molar-refractivity contribution in [2.24, 2.45) is 0 Å². The van der Waals surface area contributed by atoms with Gasteiger partial charge in [-0.1, -0.05) is 18.2 Å². The number of amides is 1. The van der Waals surface area contributed by atoms with Crippen LogP contribution in [0.15, 0.2) is 47.5 Å². The number of hydrogen-bond donors (Lipinski definition) is 0. The normalized spacial score (nSPS) is 15.8. The molecule has 1 saturated heterocycles. The Labute approximate surface area is 155 Å². The maximum absolute atomic E-state index is 12.8. The van der Waals surface area contributed by atoms with Crippen LogP contribution in [0.1, 0.15) is 24.6 Å². The van der Waals surface area contributed by atoms with Crippen LogP contribution in [0, 0.1) is 6.92 Å². The Morgan fingerprint density at radius 2 is 2.04 bits per heavy atom. The van der Waals surface area contributed by atoms with Crippen LogP contribution in [0.3, 0.4) is 0 Å². The van der Waals surface area contributed by atoms with Crippen molar-refractivity contribution in [3.8, 4) is 0 Å². The Bertz CT molecular complexity index is 892. The summed E-state index contributed by atoms with van der Waals surface area (Å²) >= 11 is 3.66. The third-order valence-corrected chi connectivity index (χ3v) is 6.21. The molecular formula is C19H21BrN4O. The summed E-state index contributed by atoms with van der Waals surface area (Å²) in [5, 5.41) is 1.16. The number of fused-ring (bicyclic) bond motifs is 1. The van der Waals surface area contributed by atoms with E-state index in [4.69, 9.17) is 0 Å². The van der Waals surface area contributed by atoms with Gasteiger partial charge in [-0.25, -0.2) is 4.98 Å². The van der Waals surface area contributed by atoms with E-state index in [2.05, 4.69) is 49.1 Å². The number of imidazole rings is 1. The van der Waals surface area contributed by atoms with E-state index in [1.165, 1.54) is 0 Å². The molecule has 0 unspecified atom stereocenters. The van der Waals surface area contributed by atoms with Crippen molar-refractivity contribution in [2.45, 2.75) is 32.4 Å². The van der Waals surface area contributed by atoms with Crippen LogP contribution in [0.2, 0.25) is 0 Å². The number of aromatic nitrogens is 3. The largest absolute Gasteiger partial charge is 0.341 e. The molecule has 2 aromatic heterocycles. The molecule has 6 heteroatoms. The molecule has 0 aliphatic carbocycles. The monoisotopic (exact) mass is 400 g/mol. The first-order valence-electron chi connectivity index (χ1n) is 8.63. The van der Waals surface area contributed by atoms with Crippen LogP contribution in [-0.2, 0) is 11.3 Å². The maximum Gasteiger partial charge on any atom is 0.242 e. The van der Waals surface area contributed by atoms with Gasteiger partial charge >= 0.3 is 0 Å². The highest BCUT2D eigenvalue weighted by Gasteiger charge is 2.24. The van der Waals surface area contributed by atoms with Gasteiger partial charge in [-0.2, -0.15) is 0 Å². The first-order chi connectivity index (χ1) is 12.1. The molecule has 0 N–H and O–H groups in total. The van der Waals surface area contributed by atoms with E-state index >= 15 is 0 Å². The Morgan fingerprint density at radius 1 is 1.28 bits per heavy atom.